The summed E-state index contributed by atoms with van der Waals surface area (Å²) in [5, 5.41) is 13.8. The summed E-state index contributed by atoms with van der Waals surface area (Å²) in [4.78, 5) is 33.6. The smallest absolute Gasteiger partial charge is 0.328 e. The lowest BCUT2D eigenvalue weighted by molar-refractivity contribution is -0.140. The molecule has 1 rings (SSSR count). The molecule has 0 saturated carbocycles. The summed E-state index contributed by atoms with van der Waals surface area (Å²) in [6.07, 6.45) is 0. The minimum Gasteiger partial charge on any atom is -0.480 e. The molecule has 0 radical (unpaired) electrons. The van der Waals surface area contributed by atoms with E-state index in [4.69, 9.17) is 9.84 Å². The van der Waals surface area contributed by atoms with Crippen molar-refractivity contribution in [2.24, 2.45) is 0 Å². The lowest BCUT2D eigenvalue weighted by Crippen LogP contribution is -2.43. The van der Waals surface area contributed by atoms with Crippen LogP contribution in [0.1, 0.15) is 17.3 Å². The maximum Gasteiger partial charge on any atom is 0.328 e. The van der Waals surface area contributed by atoms with Gasteiger partial charge in [0.1, 0.15) is 0 Å². The first-order valence-corrected chi connectivity index (χ1v) is 5.84. The van der Waals surface area contributed by atoms with E-state index in [2.05, 4.69) is 10.6 Å². The molecule has 1 unspecified atom stereocenters. The number of hydrogen-bond donors (Lipinski definition) is 3. The van der Waals surface area contributed by atoms with Crippen molar-refractivity contribution in [3.63, 3.8) is 0 Å². The van der Waals surface area contributed by atoms with E-state index in [0.29, 0.717) is 11.3 Å². The van der Waals surface area contributed by atoms with Gasteiger partial charge in [-0.05, 0) is 24.3 Å². The number of carbonyl (C=O) groups is 3. The molecule has 0 aliphatic rings. The van der Waals surface area contributed by atoms with Gasteiger partial charge in [-0.25, -0.2) is 4.79 Å². The molecule has 0 aliphatic carbocycles. The molecule has 7 heteroatoms. The lowest BCUT2D eigenvalue weighted by Gasteiger charge is -2.13. The number of aliphatic carboxylic acids is 1. The predicted octanol–water partition coefficient (Wildman–Crippen LogP) is 0.474. The molecule has 1 aromatic carbocycles. The van der Waals surface area contributed by atoms with Gasteiger partial charge in [-0.2, -0.15) is 0 Å². The summed E-state index contributed by atoms with van der Waals surface area (Å²) < 4.78 is 4.72. The molecule has 3 N–H and O–H groups in total. The fourth-order valence-corrected chi connectivity index (χ4v) is 1.49. The highest BCUT2D eigenvalue weighted by molar-refractivity contribution is 5.97. The number of ether oxygens (including phenoxy) is 1. The Morgan fingerprint density at radius 2 is 1.85 bits per heavy atom. The monoisotopic (exact) mass is 280 g/mol. The molecule has 0 heterocycles. The van der Waals surface area contributed by atoms with Crippen molar-refractivity contribution < 1.29 is 24.2 Å². The third-order valence-corrected chi connectivity index (χ3v) is 2.40. The number of carbonyl (C=O) groups excluding carboxylic acids is 2. The zero-order valence-corrected chi connectivity index (χ0v) is 11.2. The van der Waals surface area contributed by atoms with Crippen LogP contribution in [0.2, 0.25) is 0 Å². The van der Waals surface area contributed by atoms with Crippen LogP contribution in [0, 0.1) is 0 Å². The Bertz CT molecular complexity index is 498. The van der Waals surface area contributed by atoms with Gasteiger partial charge in [0, 0.05) is 25.3 Å². The van der Waals surface area contributed by atoms with Gasteiger partial charge < -0.3 is 20.5 Å². The van der Waals surface area contributed by atoms with Crippen LogP contribution in [0.15, 0.2) is 24.3 Å². The molecule has 0 fully saturated rings. The van der Waals surface area contributed by atoms with Crippen molar-refractivity contribution >= 4 is 23.5 Å². The number of hydrogen-bond acceptors (Lipinski definition) is 4. The fourth-order valence-electron chi connectivity index (χ4n) is 1.49. The quantitative estimate of drug-likeness (QED) is 0.702. The number of nitrogens with one attached hydrogen (secondary N) is 2. The van der Waals surface area contributed by atoms with Crippen LogP contribution < -0.4 is 10.6 Å². The van der Waals surface area contributed by atoms with Gasteiger partial charge in [0.2, 0.25) is 5.91 Å². The molecule has 20 heavy (non-hydrogen) atoms. The first-order chi connectivity index (χ1) is 9.43. The van der Waals surface area contributed by atoms with Crippen molar-refractivity contribution in [1.29, 1.82) is 0 Å². The summed E-state index contributed by atoms with van der Waals surface area (Å²) in [5.41, 5.74) is 0.849. The molecule has 0 saturated heterocycles. The van der Waals surface area contributed by atoms with Gasteiger partial charge in [0.15, 0.2) is 6.04 Å². The van der Waals surface area contributed by atoms with Crippen LogP contribution in [-0.4, -0.2) is 42.6 Å². The van der Waals surface area contributed by atoms with Crippen LogP contribution in [-0.2, 0) is 14.3 Å². The van der Waals surface area contributed by atoms with E-state index in [-0.39, 0.29) is 12.5 Å². The number of carboxylic acids is 1. The number of anilines is 1. The Balaban J connectivity index is 2.71. The van der Waals surface area contributed by atoms with Crippen LogP contribution >= 0.6 is 0 Å². The van der Waals surface area contributed by atoms with Gasteiger partial charge in [0.05, 0.1) is 6.61 Å². The highest BCUT2D eigenvalue weighted by Crippen LogP contribution is 2.09. The lowest BCUT2D eigenvalue weighted by atomic mass is 10.1. The van der Waals surface area contributed by atoms with Gasteiger partial charge in [-0.1, -0.05) is 0 Å². The van der Waals surface area contributed by atoms with Crippen LogP contribution in [0.5, 0.6) is 0 Å². The Kier molecular flexibility index (Phi) is 5.67. The maximum atomic E-state index is 11.9. The van der Waals surface area contributed by atoms with E-state index >= 15 is 0 Å². The zero-order chi connectivity index (χ0) is 15.1. The molecule has 1 aromatic rings. The van der Waals surface area contributed by atoms with Crippen LogP contribution in [0.25, 0.3) is 0 Å². The van der Waals surface area contributed by atoms with Crippen molar-refractivity contribution in [3.8, 4) is 0 Å². The molecule has 0 bridgehead atoms. The largest absolute Gasteiger partial charge is 0.480 e. The van der Waals surface area contributed by atoms with Crippen LogP contribution in [0.3, 0.4) is 0 Å². The Labute approximate surface area is 115 Å². The second kappa shape index (κ2) is 7.25. The molecule has 0 aromatic heterocycles. The molecular weight excluding hydrogens is 264 g/mol. The maximum absolute atomic E-state index is 11.9. The average Bonchev–Trinajstić information content (AvgIpc) is 2.38. The second-order valence-electron chi connectivity index (χ2n) is 4.08. The predicted molar refractivity (Wildman–Crippen MR) is 71.5 cm³/mol. The molecule has 2 amide bonds. The summed E-state index contributed by atoms with van der Waals surface area (Å²) in [6.45, 7) is 1.26. The van der Waals surface area contributed by atoms with E-state index in [1.54, 1.807) is 12.1 Å². The van der Waals surface area contributed by atoms with Gasteiger partial charge in [0.25, 0.3) is 5.91 Å². The summed E-state index contributed by atoms with van der Waals surface area (Å²) in [7, 11) is 1.35. The van der Waals surface area contributed by atoms with Gasteiger partial charge >= 0.3 is 5.97 Å². The average molecular weight is 280 g/mol. The fraction of sp³-hybridized carbons (Fsp3) is 0.308. The Morgan fingerprint density at radius 1 is 1.25 bits per heavy atom. The van der Waals surface area contributed by atoms with E-state index in [1.807, 2.05) is 0 Å². The summed E-state index contributed by atoms with van der Waals surface area (Å²) in [6, 6.07) is 4.99. The highest BCUT2D eigenvalue weighted by Gasteiger charge is 2.20. The normalized spacial score (nSPS) is 11.5. The molecule has 108 valence electrons. The number of methoxy groups -OCH3 is 1. The van der Waals surface area contributed by atoms with E-state index < -0.39 is 17.9 Å². The number of benzene rings is 1. The van der Waals surface area contributed by atoms with E-state index in [0.717, 1.165) is 0 Å². The van der Waals surface area contributed by atoms with Crippen molar-refractivity contribution in [2.75, 3.05) is 19.0 Å². The number of rotatable bonds is 6. The topological polar surface area (TPSA) is 105 Å². The third kappa shape index (κ3) is 4.69. The minimum atomic E-state index is -1.17. The first kappa shape index (κ1) is 15.6. The Morgan fingerprint density at radius 3 is 2.30 bits per heavy atom. The first-order valence-electron chi connectivity index (χ1n) is 5.84. The number of carboxylic acid groups (broad SMARTS) is 1. The molecule has 0 spiro atoms. The van der Waals surface area contributed by atoms with Crippen molar-refractivity contribution in [1.82, 2.24) is 5.32 Å². The third-order valence-electron chi connectivity index (χ3n) is 2.40. The Hall–Kier alpha value is -2.41. The van der Waals surface area contributed by atoms with Gasteiger partial charge in [-0.3, -0.25) is 9.59 Å². The van der Waals surface area contributed by atoms with E-state index in [1.165, 1.54) is 26.2 Å². The molecular formula is C13H16N2O5. The summed E-state index contributed by atoms with van der Waals surface area (Å²) in [5.74, 6) is -1.91. The minimum absolute atomic E-state index is 0.120. The zero-order valence-electron chi connectivity index (χ0n) is 11.2. The van der Waals surface area contributed by atoms with Gasteiger partial charge in [-0.15, -0.1) is 0 Å². The van der Waals surface area contributed by atoms with Crippen LogP contribution in [0.4, 0.5) is 5.69 Å². The van der Waals surface area contributed by atoms with E-state index in [9.17, 15) is 14.4 Å². The van der Waals surface area contributed by atoms with Crippen molar-refractivity contribution in [2.45, 2.75) is 13.0 Å². The summed E-state index contributed by atoms with van der Waals surface area (Å²) >= 11 is 0. The molecule has 1 atom stereocenters. The molecule has 0 aliphatic heterocycles. The second-order valence-corrected chi connectivity index (χ2v) is 4.08. The SMILES string of the molecule is COCC(NC(=O)c1ccc(NC(C)=O)cc1)C(=O)O. The highest BCUT2D eigenvalue weighted by atomic mass is 16.5. The standard InChI is InChI=1S/C13H16N2O5/c1-8(16)14-10-5-3-9(4-6-10)12(17)15-11(7-20-2)13(18)19/h3-6,11H,7H2,1-2H3,(H,14,16)(H,15,17)(H,18,19). The molecule has 7 nitrogen and oxygen atoms in total. The number of amides is 2. The van der Waals surface area contributed by atoms with Crippen molar-refractivity contribution in [3.05, 3.63) is 29.8 Å².